The number of benzene rings is 5. The van der Waals surface area contributed by atoms with Crippen LogP contribution in [0.1, 0.15) is 11.1 Å². The molecule has 0 bridgehead atoms. The van der Waals surface area contributed by atoms with Gasteiger partial charge in [0.05, 0.1) is 0 Å². The minimum atomic E-state index is -6.90. The van der Waals surface area contributed by atoms with Gasteiger partial charge in [-0.1, -0.05) is 0 Å². The molecule has 0 fully saturated rings. The summed E-state index contributed by atoms with van der Waals surface area (Å²) in [6.07, 6.45) is 0. The van der Waals surface area contributed by atoms with Crippen molar-refractivity contribution in [3.8, 4) is 40.9 Å². The van der Waals surface area contributed by atoms with Crippen molar-refractivity contribution in [2.24, 2.45) is 0 Å². The zero-order valence-corrected chi connectivity index (χ0v) is 34.2. The number of carbonyl (C=O) groups excluding carboxylic acids is 2. The van der Waals surface area contributed by atoms with Crippen LogP contribution in [-0.2, 0) is 15.6 Å². The van der Waals surface area contributed by atoms with Crippen molar-refractivity contribution in [3.05, 3.63) is 140 Å². The summed E-state index contributed by atoms with van der Waals surface area (Å²) in [6.45, 7) is 0. The van der Waals surface area contributed by atoms with Gasteiger partial charge in [0.15, 0.2) is 0 Å². The second-order valence-electron chi connectivity index (χ2n) is 10.4. The van der Waals surface area contributed by atoms with E-state index in [0.29, 0.717) is 24.5 Å². The average molecular weight is 970 g/mol. The molecule has 0 amide bonds. The molecule has 5 aromatic rings. The first-order chi connectivity index (χ1) is 24.1. The third-order valence-corrected chi connectivity index (χ3v) is 22.3. The molecule has 11 heteroatoms. The summed E-state index contributed by atoms with van der Waals surface area (Å²) in [5.41, 5.74) is 1.15. The molecule has 0 heterocycles. The van der Waals surface area contributed by atoms with Gasteiger partial charge in [0.2, 0.25) is 0 Å². The summed E-state index contributed by atoms with van der Waals surface area (Å²) in [5, 5.41) is 0. The normalized spacial score (nSPS) is 11.3. The Hall–Kier alpha value is -4.18. The predicted molar refractivity (Wildman–Crippen MR) is 206 cm³/mol. The molecular weight excluding hydrogens is 942 g/mol. The first-order valence-corrected chi connectivity index (χ1v) is 23.1. The third kappa shape index (κ3) is 7.60. The summed E-state index contributed by atoms with van der Waals surface area (Å²) in [4.78, 5) is 28.9. The van der Waals surface area contributed by atoms with Crippen molar-refractivity contribution in [2.75, 3.05) is 21.3 Å². The van der Waals surface area contributed by atoms with E-state index in [1.165, 1.54) is 21.3 Å². The van der Waals surface area contributed by atoms with Gasteiger partial charge in [-0.15, -0.1) is 0 Å². The third-order valence-electron chi connectivity index (χ3n) is 7.42. The predicted octanol–water partition coefficient (Wildman–Crippen LogP) is 6.61. The summed E-state index contributed by atoms with van der Waals surface area (Å²) in [5.74, 6) is 9.82. The Kier molecular flexibility index (Phi) is 12.0. The molecular formula is C39H28Br3O7Sb. The van der Waals surface area contributed by atoms with Gasteiger partial charge in [-0.05, 0) is 0 Å². The fourth-order valence-electron chi connectivity index (χ4n) is 5.30. The van der Waals surface area contributed by atoms with Gasteiger partial charge in [0.25, 0.3) is 0 Å². The molecule has 50 heavy (non-hydrogen) atoms. The van der Waals surface area contributed by atoms with Gasteiger partial charge in [-0.3, -0.25) is 0 Å². The fourth-order valence-corrected chi connectivity index (χ4v) is 22.1. The first kappa shape index (κ1) is 37.1. The molecule has 0 aliphatic rings. The van der Waals surface area contributed by atoms with E-state index in [1.54, 1.807) is 103 Å². The zero-order chi connectivity index (χ0) is 35.8. The number of rotatable bonds is 8. The van der Waals surface area contributed by atoms with Gasteiger partial charge >= 0.3 is 320 Å². The molecule has 0 aromatic heterocycles. The minimum absolute atomic E-state index is 0.256. The van der Waals surface area contributed by atoms with E-state index in [0.717, 1.165) is 0 Å². The standard InChI is InChI=1S/2C9H6O2.3C7H6BrO.Sb/c2*10-9(11)7-6-8-4-2-1-3-5-8;3*1-9-7-4-2-6(8)3-5-7;/h2*1-5H,(H,10,11);3*2-4H,1H3;/q;;;;;+2/p-2. The Bertz CT molecular complexity index is 1980. The SMILES string of the molecule is COc1ccc(Br)c[c]1[Sb]([O]C(=O)C#Cc1ccccc1)([O]C(=O)C#Cc1ccccc1)([c]1cc(Br)ccc1OC)[c]1cc(Br)ccc1OC. The fraction of sp³-hybridized carbons (Fsp3) is 0.0769. The van der Waals surface area contributed by atoms with E-state index < -0.39 is 30.2 Å². The second-order valence-corrected chi connectivity index (χ2v) is 23.8. The Morgan fingerprint density at radius 3 is 1.12 bits per heavy atom. The first-order valence-electron chi connectivity index (χ1n) is 14.8. The summed E-state index contributed by atoms with van der Waals surface area (Å²) >= 11 is 3.90. The molecule has 0 unspecified atom stereocenters. The van der Waals surface area contributed by atoms with E-state index in [9.17, 15) is 9.59 Å². The van der Waals surface area contributed by atoms with Crippen molar-refractivity contribution in [3.63, 3.8) is 0 Å². The second kappa shape index (κ2) is 16.2. The Labute approximate surface area is 317 Å². The molecule has 0 spiro atoms. The zero-order valence-electron chi connectivity index (χ0n) is 26.9. The molecule has 252 valence electrons. The average Bonchev–Trinajstić information content (AvgIpc) is 3.13. The maximum atomic E-state index is 14.4. The summed E-state index contributed by atoms with van der Waals surface area (Å²) in [7, 11) is 4.42. The van der Waals surface area contributed by atoms with Gasteiger partial charge in [0, 0.05) is 0 Å². The van der Waals surface area contributed by atoms with Crippen LogP contribution in [-0.4, -0.2) is 51.5 Å². The molecule has 7 nitrogen and oxygen atoms in total. The van der Waals surface area contributed by atoms with Crippen molar-refractivity contribution in [2.45, 2.75) is 0 Å². The molecule has 0 aliphatic carbocycles. The number of hydrogen-bond acceptors (Lipinski definition) is 7. The van der Waals surface area contributed by atoms with Crippen molar-refractivity contribution >= 4 is 88.5 Å². The van der Waals surface area contributed by atoms with Gasteiger partial charge in [-0.25, -0.2) is 0 Å². The van der Waals surface area contributed by atoms with Gasteiger partial charge in [0.1, 0.15) is 0 Å². The summed E-state index contributed by atoms with van der Waals surface area (Å²) < 4.78 is 34.2. The van der Waals surface area contributed by atoms with Crippen LogP contribution in [0.25, 0.3) is 0 Å². The molecule has 0 atom stereocenters. The van der Waals surface area contributed by atoms with E-state index in [-0.39, 0.29) is 27.8 Å². The number of ether oxygens (including phenoxy) is 3. The monoisotopic (exact) mass is 966 g/mol. The molecule has 0 aliphatic heterocycles. The molecule has 0 saturated carbocycles. The van der Waals surface area contributed by atoms with Crippen molar-refractivity contribution in [1.29, 1.82) is 0 Å². The van der Waals surface area contributed by atoms with Crippen LogP contribution in [0.2, 0.25) is 0 Å². The number of carbonyl (C=O) groups is 2. The maximum absolute atomic E-state index is 14.4. The van der Waals surface area contributed by atoms with Crippen LogP contribution in [0.4, 0.5) is 0 Å². The topological polar surface area (TPSA) is 80.3 Å². The molecule has 5 aromatic carbocycles. The van der Waals surface area contributed by atoms with Crippen LogP contribution in [0.15, 0.2) is 129 Å². The van der Waals surface area contributed by atoms with Crippen LogP contribution in [0.5, 0.6) is 17.2 Å². The quantitative estimate of drug-likeness (QED) is 0.128. The molecule has 0 radical (unpaired) electrons. The van der Waals surface area contributed by atoms with Crippen LogP contribution < -0.4 is 24.7 Å². The molecule has 0 saturated heterocycles. The molecule has 5 rings (SSSR count). The van der Waals surface area contributed by atoms with Crippen LogP contribution >= 0.6 is 47.8 Å². The van der Waals surface area contributed by atoms with Gasteiger partial charge < -0.3 is 0 Å². The van der Waals surface area contributed by atoms with E-state index >= 15 is 0 Å². The van der Waals surface area contributed by atoms with Crippen LogP contribution in [0.3, 0.4) is 0 Å². The number of halogens is 3. The van der Waals surface area contributed by atoms with E-state index in [4.69, 9.17) is 20.2 Å². The van der Waals surface area contributed by atoms with E-state index in [2.05, 4.69) is 71.5 Å². The van der Waals surface area contributed by atoms with E-state index in [1.807, 2.05) is 12.1 Å². The van der Waals surface area contributed by atoms with Crippen molar-refractivity contribution in [1.82, 2.24) is 0 Å². The Morgan fingerprint density at radius 1 is 0.500 bits per heavy atom. The Morgan fingerprint density at radius 2 is 0.820 bits per heavy atom. The Balaban J connectivity index is 2.02. The number of hydrogen-bond donors (Lipinski definition) is 0. The molecule has 0 N–H and O–H groups in total. The van der Waals surface area contributed by atoms with Crippen LogP contribution in [0, 0.1) is 23.7 Å². The van der Waals surface area contributed by atoms with Crippen molar-refractivity contribution < 1.29 is 29.8 Å². The number of methoxy groups -OCH3 is 3. The summed E-state index contributed by atoms with van der Waals surface area (Å²) in [6, 6.07) is 33.4. The van der Waals surface area contributed by atoms with Gasteiger partial charge in [-0.2, -0.15) is 0 Å².